The summed E-state index contributed by atoms with van der Waals surface area (Å²) in [6.45, 7) is 17.7. The predicted molar refractivity (Wildman–Crippen MR) is 238 cm³/mol. The quantitative estimate of drug-likeness (QED) is 0.101. The van der Waals surface area contributed by atoms with Gasteiger partial charge in [0.2, 0.25) is 0 Å². The second-order valence-corrected chi connectivity index (χ2v) is 19.0. The highest BCUT2D eigenvalue weighted by Crippen LogP contribution is 2.24. The van der Waals surface area contributed by atoms with Crippen LogP contribution in [0.1, 0.15) is 138 Å². The largest absolute Gasteiger partial charge is 0.481 e. The summed E-state index contributed by atoms with van der Waals surface area (Å²) >= 11 is 0. The third kappa shape index (κ3) is 26.8. The minimum Gasteiger partial charge on any atom is -0.481 e. The number of aliphatic carboxylic acids is 1. The average Bonchev–Trinajstić information content (AvgIpc) is 3.93. The van der Waals surface area contributed by atoms with E-state index >= 15 is 0 Å². The minimum absolute atomic E-state index is 0.0146. The molecule has 3 N–H and O–H groups in total. The van der Waals surface area contributed by atoms with Gasteiger partial charge in [-0.05, 0) is 125 Å². The molecule has 0 heterocycles. The average molecular weight is 886 g/mol. The summed E-state index contributed by atoms with van der Waals surface area (Å²) in [7, 11) is 0. The highest BCUT2D eigenvalue weighted by Gasteiger charge is 2.30. The molecule has 2 saturated carbocycles. The number of nitrogens with two attached hydrogens (primary N) is 1. The van der Waals surface area contributed by atoms with E-state index in [1.165, 1.54) is 0 Å². The number of carboxylic acids is 1. The third-order valence-corrected chi connectivity index (χ3v) is 9.60. The van der Waals surface area contributed by atoms with E-state index in [2.05, 4.69) is 0 Å². The van der Waals surface area contributed by atoms with Crippen LogP contribution >= 0.6 is 0 Å². The maximum Gasteiger partial charge on any atom is 0.325 e. The van der Waals surface area contributed by atoms with Gasteiger partial charge in [-0.25, -0.2) is 0 Å². The van der Waals surface area contributed by atoms with E-state index in [0.29, 0.717) is 0 Å². The zero-order chi connectivity index (χ0) is 47.1. The Balaban J connectivity index is 0.000000335. The van der Waals surface area contributed by atoms with E-state index in [9.17, 15) is 24.0 Å². The highest BCUT2D eigenvalue weighted by molar-refractivity contribution is 5.80. The maximum absolute atomic E-state index is 12.5. The number of carbonyl (C=O) groups is 5. The maximum atomic E-state index is 12.5. The smallest absolute Gasteiger partial charge is 0.325 e. The van der Waals surface area contributed by atoms with Gasteiger partial charge >= 0.3 is 29.8 Å². The van der Waals surface area contributed by atoms with Crippen molar-refractivity contribution in [1.29, 1.82) is 0 Å². The third-order valence-electron chi connectivity index (χ3n) is 9.60. The lowest BCUT2D eigenvalue weighted by atomic mass is 10.1. The monoisotopic (exact) mass is 886 g/mol. The molecule has 0 spiro atoms. The molecule has 0 amide bonds. The second kappa shape index (κ2) is 27.7. The molecule has 0 saturated heterocycles. The molecule has 3 atom stereocenters. The molecule has 4 rings (SSSR count). The van der Waals surface area contributed by atoms with Crippen LogP contribution in [0.4, 0.5) is 0 Å². The van der Waals surface area contributed by atoms with E-state index < -0.39 is 41.4 Å². The van der Waals surface area contributed by atoms with Crippen LogP contribution in [0.25, 0.3) is 0 Å². The van der Waals surface area contributed by atoms with Gasteiger partial charge in [0.1, 0.15) is 31.5 Å². The Hall–Kier alpha value is -4.37. The zero-order valence-electron chi connectivity index (χ0n) is 39.2. The standard InChI is InChI=1S/C21H30O5.C16H22O5.C12H23NO3/c1-21(2,3)25-15-17(20(23)26-18-11-7-8-12-18)13-19(22)24-14-16-9-5-4-6-10-16;1-16(2,3)21-11-13(15(18)19)9-14(17)20-10-12-7-5-4-6-8-12;1-12(2,3)15-8-10(13)11(14)16-9-6-4-5-7-9/h4-6,9-10,17-18H,7-8,11-15H2,1-3H3;4-8,13H,9-11H2,1-3H3,(H,18,19);9-10H,4-8,13H2,1-3H3/t17-;13-;10-/m000/s1. The molecule has 0 bridgehead atoms. The van der Waals surface area contributed by atoms with Gasteiger partial charge in [-0.3, -0.25) is 24.0 Å². The summed E-state index contributed by atoms with van der Waals surface area (Å²) in [5.74, 6) is -4.25. The predicted octanol–water partition coefficient (Wildman–Crippen LogP) is 8.29. The minimum atomic E-state index is -1.06. The molecule has 2 aliphatic rings. The van der Waals surface area contributed by atoms with Crippen LogP contribution in [0.5, 0.6) is 0 Å². The summed E-state index contributed by atoms with van der Waals surface area (Å²) in [5, 5.41) is 9.12. The fourth-order valence-electron chi connectivity index (χ4n) is 6.06. The van der Waals surface area contributed by atoms with Crippen molar-refractivity contribution < 1.29 is 62.2 Å². The summed E-state index contributed by atoms with van der Waals surface area (Å²) in [6.07, 6.45) is 8.02. The second-order valence-electron chi connectivity index (χ2n) is 19.0. The van der Waals surface area contributed by atoms with Crippen LogP contribution in [0, 0.1) is 11.8 Å². The van der Waals surface area contributed by atoms with Crippen molar-refractivity contribution in [3.05, 3.63) is 71.8 Å². The van der Waals surface area contributed by atoms with Crippen LogP contribution in [0.3, 0.4) is 0 Å². The fraction of sp³-hybridized carbons (Fsp3) is 0.653. The Morgan fingerprint density at radius 1 is 0.556 bits per heavy atom. The van der Waals surface area contributed by atoms with E-state index in [1.54, 1.807) is 0 Å². The number of benzene rings is 2. The molecule has 0 aliphatic heterocycles. The van der Waals surface area contributed by atoms with E-state index in [1.807, 2.05) is 123 Å². The lowest BCUT2D eigenvalue weighted by Gasteiger charge is -2.24. The molecule has 2 aliphatic carbocycles. The van der Waals surface area contributed by atoms with E-state index in [0.717, 1.165) is 62.5 Å². The van der Waals surface area contributed by atoms with Gasteiger partial charge in [-0.1, -0.05) is 60.7 Å². The molecule has 2 aromatic carbocycles. The highest BCUT2D eigenvalue weighted by atomic mass is 16.6. The number of esters is 4. The first-order valence-electron chi connectivity index (χ1n) is 22.2. The van der Waals surface area contributed by atoms with Crippen LogP contribution < -0.4 is 5.73 Å². The van der Waals surface area contributed by atoms with Crippen molar-refractivity contribution in [1.82, 2.24) is 0 Å². The molecule has 2 aromatic rings. The SMILES string of the molecule is CC(C)(C)OC[C@H](CC(=O)OCc1ccccc1)C(=O)O.CC(C)(C)OC[C@H](CC(=O)OCc1ccccc1)C(=O)OC1CCCC1.CC(C)(C)OC[C@H](N)C(=O)OC1CCCC1. The molecule has 354 valence electrons. The molecule has 0 aromatic heterocycles. The van der Waals surface area contributed by atoms with Crippen LogP contribution in [0.15, 0.2) is 60.7 Å². The molecular weight excluding hydrogens is 811 g/mol. The van der Waals surface area contributed by atoms with Gasteiger partial charge < -0.3 is 44.0 Å². The van der Waals surface area contributed by atoms with Gasteiger partial charge in [0.25, 0.3) is 0 Å². The van der Waals surface area contributed by atoms with E-state index in [-0.39, 0.29) is 81.2 Å². The van der Waals surface area contributed by atoms with Crippen LogP contribution in [0.2, 0.25) is 0 Å². The van der Waals surface area contributed by atoms with Crippen molar-refractivity contribution in [2.75, 3.05) is 19.8 Å². The van der Waals surface area contributed by atoms with Gasteiger partial charge in [0.15, 0.2) is 0 Å². The summed E-state index contributed by atoms with van der Waals surface area (Å²) < 4.78 is 37.9. The van der Waals surface area contributed by atoms with Crippen LogP contribution in [-0.4, -0.2) is 89.8 Å². The Labute approximate surface area is 375 Å². The van der Waals surface area contributed by atoms with Crippen molar-refractivity contribution >= 4 is 29.8 Å². The number of ether oxygens (including phenoxy) is 7. The van der Waals surface area contributed by atoms with Crippen molar-refractivity contribution in [3.63, 3.8) is 0 Å². The fourth-order valence-corrected chi connectivity index (χ4v) is 6.06. The first-order valence-corrected chi connectivity index (χ1v) is 22.2. The van der Waals surface area contributed by atoms with Gasteiger partial charge in [0.05, 0.1) is 61.3 Å². The zero-order valence-corrected chi connectivity index (χ0v) is 39.2. The van der Waals surface area contributed by atoms with Gasteiger partial charge in [0, 0.05) is 0 Å². The van der Waals surface area contributed by atoms with Crippen LogP contribution in [-0.2, 0) is 70.3 Å². The first kappa shape index (κ1) is 54.8. The molecule has 14 nitrogen and oxygen atoms in total. The number of carboxylic acid groups (broad SMARTS) is 1. The van der Waals surface area contributed by atoms with Crippen molar-refractivity contribution in [2.24, 2.45) is 17.6 Å². The number of carbonyl (C=O) groups excluding carboxylic acids is 4. The van der Waals surface area contributed by atoms with Gasteiger partial charge in [-0.15, -0.1) is 0 Å². The van der Waals surface area contributed by atoms with Gasteiger partial charge in [-0.2, -0.15) is 0 Å². The molecule has 2 fully saturated rings. The Morgan fingerprint density at radius 3 is 1.29 bits per heavy atom. The number of hydrogen-bond donors (Lipinski definition) is 2. The van der Waals surface area contributed by atoms with E-state index in [4.69, 9.17) is 44.0 Å². The number of hydrogen-bond acceptors (Lipinski definition) is 13. The Morgan fingerprint density at radius 2 is 0.905 bits per heavy atom. The molecule has 0 unspecified atom stereocenters. The molecule has 63 heavy (non-hydrogen) atoms. The topological polar surface area (TPSA) is 196 Å². The summed E-state index contributed by atoms with van der Waals surface area (Å²) in [5.41, 5.74) is 6.38. The number of rotatable bonds is 19. The molecular formula is C49H75NO13. The lowest BCUT2D eigenvalue weighted by molar-refractivity contribution is -0.163. The Kier molecular flexibility index (Phi) is 24.1. The normalized spacial score (nSPS) is 16.0. The first-order chi connectivity index (χ1) is 29.5. The Bertz CT molecular complexity index is 1640. The van der Waals surface area contributed by atoms with Crippen molar-refractivity contribution in [2.45, 2.75) is 175 Å². The summed E-state index contributed by atoms with van der Waals surface area (Å²) in [6, 6.07) is 18.0. The van der Waals surface area contributed by atoms with Crippen molar-refractivity contribution in [3.8, 4) is 0 Å². The molecule has 0 radical (unpaired) electrons. The molecule has 14 heteroatoms. The summed E-state index contributed by atoms with van der Waals surface area (Å²) in [4.78, 5) is 59.2. The lowest BCUT2D eigenvalue weighted by Crippen LogP contribution is -2.40.